The Morgan fingerprint density at radius 2 is 1.86 bits per heavy atom. The number of halogens is 2. The average Bonchev–Trinajstić information content (AvgIpc) is 2.92. The Labute approximate surface area is 160 Å². The molecule has 2 aromatic rings. The van der Waals surface area contributed by atoms with Gasteiger partial charge < -0.3 is 14.8 Å². The summed E-state index contributed by atoms with van der Waals surface area (Å²) in [4.78, 5) is 25.8. The summed E-state index contributed by atoms with van der Waals surface area (Å²) >= 11 is 0. The monoisotopic (exact) mass is 388 g/mol. The van der Waals surface area contributed by atoms with Gasteiger partial charge in [0, 0.05) is 0 Å². The molecule has 1 N–H and O–H groups in total. The molecule has 0 radical (unpaired) electrons. The summed E-state index contributed by atoms with van der Waals surface area (Å²) in [5.41, 5.74) is 1.40. The molecule has 1 fully saturated rings. The molecule has 146 valence electrons. The Kier molecular flexibility index (Phi) is 5.88. The summed E-state index contributed by atoms with van der Waals surface area (Å²) in [6.07, 6.45) is 1.46. The molecular formula is C20H18F2N2O4. The minimum Gasteiger partial charge on any atom is -0.490 e. The second-order valence-corrected chi connectivity index (χ2v) is 5.88. The molecule has 1 saturated heterocycles. The van der Waals surface area contributed by atoms with Crippen LogP contribution < -0.4 is 14.8 Å². The van der Waals surface area contributed by atoms with Crippen molar-refractivity contribution in [2.45, 2.75) is 20.1 Å². The molecule has 0 aromatic heterocycles. The van der Waals surface area contributed by atoms with Crippen LogP contribution in [0.3, 0.4) is 0 Å². The number of rotatable bonds is 7. The minimum atomic E-state index is -2.98. The van der Waals surface area contributed by atoms with E-state index in [1.54, 1.807) is 6.92 Å². The van der Waals surface area contributed by atoms with Crippen molar-refractivity contribution in [3.8, 4) is 11.5 Å². The SMILES string of the molecule is CCOc1cc(/C=C2\NC(=O)N(Cc3ccccc3)C2=O)ccc1OC(F)F. The zero-order chi connectivity index (χ0) is 20.1. The maximum absolute atomic E-state index is 12.6. The van der Waals surface area contributed by atoms with Gasteiger partial charge >= 0.3 is 12.6 Å². The van der Waals surface area contributed by atoms with E-state index in [0.29, 0.717) is 5.56 Å². The molecule has 1 heterocycles. The number of nitrogens with zero attached hydrogens (tertiary/aromatic N) is 1. The molecule has 8 heteroatoms. The van der Waals surface area contributed by atoms with Crippen LogP contribution in [0.25, 0.3) is 6.08 Å². The van der Waals surface area contributed by atoms with E-state index in [1.807, 2.05) is 30.3 Å². The molecule has 0 bridgehead atoms. The maximum atomic E-state index is 12.6. The molecule has 2 aromatic carbocycles. The first-order valence-electron chi connectivity index (χ1n) is 8.58. The number of amides is 3. The van der Waals surface area contributed by atoms with Crippen molar-refractivity contribution in [2.75, 3.05) is 6.61 Å². The molecule has 28 heavy (non-hydrogen) atoms. The maximum Gasteiger partial charge on any atom is 0.387 e. The lowest BCUT2D eigenvalue weighted by Crippen LogP contribution is -2.30. The summed E-state index contributed by atoms with van der Waals surface area (Å²) in [7, 11) is 0. The number of carbonyl (C=O) groups excluding carboxylic acids is 2. The van der Waals surface area contributed by atoms with E-state index in [4.69, 9.17) is 4.74 Å². The lowest BCUT2D eigenvalue weighted by atomic mass is 10.1. The van der Waals surface area contributed by atoms with Crippen molar-refractivity contribution in [1.29, 1.82) is 0 Å². The first kappa shape index (κ1) is 19.3. The highest BCUT2D eigenvalue weighted by molar-refractivity contribution is 6.13. The lowest BCUT2D eigenvalue weighted by Gasteiger charge is -2.12. The van der Waals surface area contributed by atoms with Crippen LogP contribution in [-0.4, -0.2) is 30.1 Å². The van der Waals surface area contributed by atoms with Crippen molar-refractivity contribution >= 4 is 18.0 Å². The first-order valence-corrected chi connectivity index (χ1v) is 8.58. The van der Waals surface area contributed by atoms with Crippen LogP contribution >= 0.6 is 0 Å². The second-order valence-electron chi connectivity index (χ2n) is 5.88. The van der Waals surface area contributed by atoms with Crippen LogP contribution in [0.1, 0.15) is 18.1 Å². The third-order valence-electron chi connectivity index (χ3n) is 3.94. The van der Waals surface area contributed by atoms with Gasteiger partial charge in [-0.25, -0.2) is 4.79 Å². The van der Waals surface area contributed by atoms with Crippen LogP contribution in [0.15, 0.2) is 54.2 Å². The molecule has 0 aliphatic carbocycles. The van der Waals surface area contributed by atoms with Gasteiger partial charge in [-0.2, -0.15) is 8.78 Å². The smallest absolute Gasteiger partial charge is 0.387 e. The molecule has 0 unspecified atom stereocenters. The molecule has 3 amide bonds. The van der Waals surface area contributed by atoms with Crippen LogP contribution in [0.4, 0.5) is 13.6 Å². The van der Waals surface area contributed by atoms with E-state index >= 15 is 0 Å². The summed E-state index contributed by atoms with van der Waals surface area (Å²) in [5, 5.41) is 2.53. The minimum absolute atomic E-state index is 0.0888. The van der Waals surface area contributed by atoms with Gasteiger partial charge in [0.25, 0.3) is 5.91 Å². The Hall–Kier alpha value is -3.42. The van der Waals surface area contributed by atoms with Crippen molar-refractivity contribution in [2.24, 2.45) is 0 Å². The second kappa shape index (κ2) is 8.51. The molecule has 3 rings (SSSR count). The highest BCUT2D eigenvalue weighted by atomic mass is 19.3. The number of nitrogens with one attached hydrogen (secondary N) is 1. The molecule has 1 aliphatic rings. The van der Waals surface area contributed by atoms with Crippen molar-refractivity contribution in [3.63, 3.8) is 0 Å². The number of carbonyl (C=O) groups is 2. The van der Waals surface area contributed by atoms with E-state index in [0.717, 1.165) is 10.5 Å². The van der Waals surface area contributed by atoms with Crippen molar-refractivity contribution < 1.29 is 27.8 Å². The Bertz CT molecular complexity index is 900. The van der Waals surface area contributed by atoms with E-state index in [1.165, 1.54) is 24.3 Å². The molecule has 6 nitrogen and oxygen atoms in total. The normalized spacial score (nSPS) is 15.3. The van der Waals surface area contributed by atoms with Crippen LogP contribution in [0, 0.1) is 0 Å². The van der Waals surface area contributed by atoms with E-state index in [2.05, 4.69) is 10.1 Å². The fourth-order valence-corrected chi connectivity index (χ4v) is 2.72. The number of hydrogen-bond acceptors (Lipinski definition) is 4. The zero-order valence-electron chi connectivity index (χ0n) is 15.0. The van der Waals surface area contributed by atoms with Crippen molar-refractivity contribution in [1.82, 2.24) is 10.2 Å². The lowest BCUT2D eigenvalue weighted by molar-refractivity contribution is -0.123. The summed E-state index contributed by atoms with van der Waals surface area (Å²) in [5.74, 6) is -0.457. The summed E-state index contributed by atoms with van der Waals surface area (Å²) in [6.45, 7) is -0.876. The quantitative estimate of drug-likeness (QED) is 0.579. The van der Waals surface area contributed by atoms with E-state index in [9.17, 15) is 18.4 Å². The number of hydrogen-bond donors (Lipinski definition) is 1. The number of imide groups is 1. The largest absolute Gasteiger partial charge is 0.490 e. The Balaban J connectivity index is 1.82. The van der Waals surface area contributed by atoms with Gasteiger partial charge in [0.15, 0.2) is 11.5 Å². The molecule has 0 spiro atoms. The standard InChI is InChI=1S/C20H18F2N2O4/c1-2-27-17-11-14(8-9-16(17)28-19(21)22)10-15-18(25)24(20(26)23-15)12-13-6-4-3-5-7-13/h3-11,19H,2,12H2,1H3,(H,23,26)/b15-10-. The molecule has 0 atom stereocenters. The highest BCUT2D eigenvalue weighted by Gasteiger charge is 2.33. The molecule has 1 aliphatic heterocycles. The van der Waals surface area contributed by atoms with Crippen LogP contribution in [-0.2, 0) is 11.3 Å². The van der Waals surface area contributed by atoms with Gasteiger partial charge in [0.1, 0.15) is 5.70 Å². The Morgan fingerprint density at radius 1 is 1.11 bits per heavy atom. The van der Waals surface area contributed by atoms with Gasteiger partial charge in [0.05, 0.1) is 13.2 Å². The summed E-state index contributed by atoms with van der Waals surface area (Å²) in [6, 6.07) is 12.9. The number of urea groups is 1. The van der Waals surface area contributed by atoms with Crippen molar-refractivity contribution in [3.05, 3.63) is 65.4 Å². The van der Waals surface area contributed by atoms with Crippen LogP contribution in [0.2, 0.25) is 0 Å². The third kappa shape index (κ3) is 4.46. The fraction of sp³-hybridized carbons (Fsp3) is 0.200. The number of benzene rings is 2. The number of ether oxygens (including phenoxy) is 2. The molecular weight excluding hydrogens is 370 g/mol. The predicted molar refractivity (Wildman–Crippen MR) is 97.7 cm³/mol. The van der Waals surface area contributed by atoms with Gasteiger partial charge in [-0.1, -0.05) is 36.4 Å². The highest BCUT2D eigenvalue weighted by Crippen LogP contribution is 2.31. The van der Waals surface area contributed by atoms with E-state index < -0.39 is 18.5 Å². The van der Waals surface area contributed by atoms with E-state index in [-0.39, 0.29) is 30.3 Å². The molecule has 0 saturated carbocycles. The fourth-order valence-electron chi connectivity index (χ4n) is 2.72. The van der Waals surface area contributed by atoms with Gasteiger partial charge in [-0.15, -0.1) is 0 Å². The predicted octanol–water partition coefficient (Wildman–Crippen LogP) is 3.78. The van der Waals surface area contributed by atoms with Gasteiger partial charge in [-0.05, 0) is 36.3 Å². The Morgan fingerprint density at radius 3 is 2.54 bits per heavy atom. The zero-order valence-corrected chi connectivity index (χ0v) is 15.0. The number of alkyl halides is 2. The summed E-state index contributed by atoms with van der Waals surface area (Å²) < 4.78 is 34.7. The average molecular weight is 388 g/mol. The third-order valence-corrected chi connectivity index (χ3v) is 3.94. The van der Waals surface area contributed by atoms with Gasteiger partial charge in [0.2, 0.25) is 0 Å². The topological polar surface area (TPSA) is 67.9 Å². The van der Waals surface area contributed by atoms with Crippen LogP contribution in [0.5, 0.6) is 11.5 Å². The first-order chi connectivity index (χ1) is 13.5. The van der Waals surface area contributed by atoms with Gasteiger partial charge in [-0.3, -0.25) is 9.69 Å².